The van der Waals surface area contributed by atoms with Crippen LogP contribution in [0.4, 0.5) is 4.39 Å². The summed E-state index contributed by atoms with van der Waals surface area (Å²) < 4.78 is 15.1. The van der Waals surface area contributed by atoms with Crippen molar-refractivity contribution in [2.24, 2.45) is 23.5 Å². The summed E-state index contributed by atoms with van der Waals surface area (Å²) in [5.74, 6) is -1.27. The Hall–Kier alpha value is -2.61. The van der Waals surface area contributed by atoms with Crippen LogP contribution < -0.4 is 11.1 Å². The number of carbonyl (C=O) groups is 4. The molecule has 8 heteroatoms. The first kappa shape index (κ1) is 21.6. The van der Waals surface area contributed by atoms with Gasteiger partial charge in [0, 0.05) is 6.42 Å². The molecule has 3 N–H and O–H groups in total. The van der Waals surface area contributed by atoms with E-state index in [1.807, 2.05) is 6.92 Å². The number of rotatable bonds is 7. The highest BCUT2D eigenvalue weighted by Crippen LogP contribution is 2.43. The molecule has 1 saturated carbocycles. The average Bonchev–Trinajstić information content (AvgIpc) is 3.30. The van der Waals surface area contributed by atoms with Gasteiger partial charge in [-0.3, -0.25) is 19.3 Å². The molecule has 4 rings (SSSR count). The van der Waals surface area contributed by atoms with Crippen molar-refractivity contribution in [2.75, 3.05) is 13.1 Å². The summed E-state index contributed by atoms with van der Waals surface area (Å²) in [6.07, 6.45) is 3.67. The molecular weight excluding hydrogens is 401 g/mol. The van der Waals surface area contributed by atoms with Crippen LogP contribution in [0.3, 0.4) is 0 Å². The first-order chi connectivity index (χ1) is 14.8. The number of hydrogen-bond acceptors (Lipinski definition) is 5. The summed E-state index contributed by atoms with van der Waals surface area (Å²) in [7, 11) is 0. The third-order valence-corrected chi connectivity index (χ3v) is 7.42. The number of nitrogens with two attached hydrogens (primary N) is 1. The Kier molecular flexibility index (Phi) is 5.92. The molecular formula is C23H28FN3O4. The maximum Gasteiger partial charge on any atom is 0.262 e. The van der Waals surface area contributed by atoms with Gasteiger partial charge in [0.25, 0.3) is 11.8 Å². The van der Waals surface area contributed by atoms with Crippen LogP contribution in [0.5, 0.6) is 0 Å². The van der Waals surface area contributed by atoms with Gasteiger partial charge in [-0.1, -0.05) is 6.92 Å². The van der Waals surface area contributed by atoms with Gasteiger partial charge in [-0.05, 0) is 80.1 Å². The van der Waals surface area contributed by atoms with E-state index in [-0.39, 0.29) is 29.9 Å². The fourth-order valence-corrected chi connectivity index (χ4v) is 5.60. The Morgan fingerprint density at radius 1 is 1.23 bits per heavy atom. The third kappa shape index (κ3) is 3.78. The van der Waals surface area contributed by atoms with Crippen molar-refractivity contribution in [1.29, 1.82) is 0 Å². The largest absolute Gasteiger partial charge is 0.368 e. The van der Waals surface area contributed by atoms with Crippen molar-refractivity contribution >= 4 is 24.0 Å². The van der Waals surface area contributed by atoms with E-state index in [0.717, 1.165) is 43.3 Å². The van der Waals surface area contributed by atoms with Crippen LogP contribution in [-0.4, -0.2) is 48.0 Å². The van der Waals surface area contributed by atoms with E-state index >= 15 is 4.39 Å². The van der Waals surface area contributed by atoms with E-state index in [2.05, 4.69) is 5.32 Å². The number of primary amides is 1. The molecule has 1 aliphatic carbocycles. The molecule has 7 nitrogen and oxygen atoms in total. The zero-order chi connectivity index (χ0) is 22.3. The summed E-state index contributed by atoms with van der Waals surface area (Å²) in [4.78, 5) is 49.2. The molecule has 166 valence electrons. The summed E-state index contributed by atoms with van der Waals surface area (Å²) in [5.41, 5.74) is 5.86. The van der Waals surface area contributed by atoms with Crippen molar-refractivity contribution < 1.29 is 23.6 Å². The quantitative estimate of drug-likeness (QED) is 0.509. The fourth-order valence-electron chi connectivity index (χ4n) is 5.60. The predicted molar refractivity (Wildman–Crippen MR) is 111 cm³/mol. The number of hydrogen-bond donors (Lipinski definition) is 2. The van der Waals surface area contributed by atoms with Gasteiger partial charge in [-0.2, -0.15) is 0 Å². The van der Waals surface area contributed by atoms with Gasteiger partial charge in [-0.25, -0.2) is 4.39 Å². The van der Waals surface area contributed by atoms with Gasteiger partial charge in [0.1, 0.15) is 18.1 Å². The van der Waals surface area contributed by atoms with Gasteiger partial charge in [0.05, 0.1) is 11.1 Å². The molecule has 2 aliphatic heterocycles. The van der Waals surface area contributed by atoms with Crippen LogP contribution in [0, 0.1) is 23.6 Å². The molecule has 2 fully saturated rings. The minimum absolute atomic E-state index is 0.0175. The van der Waals surface area contributed by atoms with E-state index in [9.17, 15) is 19.2 Å². The monoisotopic (exact) mass is 429 g/mol. The maximum atomic E-state index is 15.1. The molecule has 0 bridgehead atoms. The molecule has 2 heterocycles. The topological polar surface area (TPSA) is 110 Å². The second-order valence-corrected chi connectivity index (χ2v) is 9.10. The highest BCUT2D eigenvalue weighted by Gasteiger charge is 2.43. The number of halogens is 1. The minimum Gasteiger partial charge on any atom is -0.368 e. The second-order valence-electron chi connectivity index (χ2n) is 9.10. The lowest BCUT2D eigenvalue weighted by atomic mass is 9.70. The molecule has 0 aromatic heterocycles. The van der Waals surface area contributed by atoms with Crippen LogP contribution in [0.25, 0.3) is 0 Å². The first-order valence-corrected chi connectivity index (χ1v) is 11.0. The van der Waals surface area contributed by atoms with Crippen LogP contribution in [0.15, 0.2) is 12.1 Å². The number of nitrogens with zero attached hydrogens (tertiary/aromatic N) is 1. The molecule has 31 heavy (non-hydrogen) atoms. The number of amides is 3. The fraction of sp³-hybridized carbons (Fsp3) is 0.565. The van der Waals surface area contributed by atoms with E-state index in [0.29, 0.717) is 29.6 Å². The SMILES string of the molecule is CC(c1cc2c(cc1F)C(=O)N(C(CCC=O)C(N)=O)C2=O)C1CCC2CNCC2C1. The van der Waals surface area contributed by atoms with Gasteiger partial charge in [0.15, 0.2) is 0 Å². The number of imide groups is 1. The van der Waals surface area contributed by atoms with Gasteiger partial charge in [0.2, 0.25) is 5.91 Å². The zero-order valence-corrected chi connectivity index (χ0v) is 17.6. The maximum absolute atomic E-state index is 15.1. The van der Waals surface area contributed by atoms with Crippen molar-refractivity contribution in [2.45, 2.75) is 51.0 Å². The molecule has 3 amide bonds. The molecule has 1 aromatic rings. The Balaban J connectivity index is 1.60. The summed E-state index contributed by atoms with van der Waals surface area (Å²) in [5, 5.41) is 3.44. The second kappa shape index (κ2) is 8.49. The Morgan fingerprint density at radius 2 is 1.90 bits per heavy atom. The lowest BCUT2D eigenvalue weighted by Crippen LogP contribution is -2.47. The lowest BCUT2D eigenvalue weighted by Gasteiger charge is -2.35. The summed E-state index contributed by atoms with van der Waals surface area (Å²) >= 11 is 0. The standard InChI is InChI=1S/C23H28FN3O4/c1-12(13-4-5-14-10-26-11-15(14)7-13)16-8-17-18(9-19(16)24)23(31)27(22(17)30)20(21(25)29)3-2-6-28/h6,8-9,12-15,20,26H,2-5,7,10-11H2,1H3,(H2,25,29). The van der Waals surface area contributed by atoms with E-state index < -0.39 is 29.6 Å². The van der Waals surface area contributed by atoms with Gasteiger partial charge >= 0.3 is 0 Å². The highest BCUT2D eigenvalue weighted by atomic mass is 19.1. The Morgan fingerprint density at radius 3 is 2.58 bits per heavy atom. The smallest absolute Gasteiger partial charge is 0.262 e. The zero-order valence-electron chi connectivity index (χ0n) is 17.6. The lowest BCUT2D eigenvalue weighted by molar-refractivity contribution is -0.122. The molecule has 1 aromatic carbocycles. The summed E-state index contributed by atoms with van der Waals surface area (Å²) in [6.45, 7) is 4.03. The Bertz CT molecular complexity index is 934. The Labute approximate surface area is 180 Å². The average molecular weight is 429 g/mol. The van der Waals surface area contributed by atoms with E-state index in [1.165, 1.54) is 6.07 Å². The van der Waals surface area contributed by atoms with Crippen LogP contribution in [0.1, 0.15) is 71.2 Å². The predicted octanol–water partition coefficient (Wildman–Crippen LogP) is 1.99. The van der Waals surface area contributed by atoms with Gasteiger partial charge in [-0.15, -0.1) is 0 Å². The van der Waals surface area contributed by atoms with Crippen LogP contribution in [0.2, 0.25) is 0 Å². The van der Waals surface area contributed by atoms with Crippen molar-refractivity contribution in [3.8, 4) is 0 Å². The van der Waals surface area contributed by atoms with Crippen molar-refractivity contribution in [3.05, 3.63) is 34.6 Å². The molecule has 5 atom stereocenters. The molecule has 5 unspecified atom stereocenters. The summed E-state index contributed by atoms with van der Waals surface area (Å²) in [6, 6.07) is 1.36. The van der Waals surface area contributed by atoms with Crippen LogP contribution in [-0.2, 0) is 9.59 Å². The number of fused-ring (bicyclic) bond motifs is 2. The van der Waals surface area contributed by atoms with Crippen molar-refractivity contribution in [1.82, 2.24) is 10.2 Å². The number of nitrogens with one attached hydrogen (secondary N) is 1. The van der Waals surface area contributed by atoms with Crippen molar-refractivity contribution in [3.63, 3.8) is 0 Å². The highest BCUT2D eigenvalue weighted by molar-refractivity contribution is 6.23. The first-order valence-electron chi connectivity index (χ1n) is 11.0. The van der Waals surface area contributed by atoms with Gasteiger partial charge < -0.3 is 15.8 Å². The minimum atomic E-state index is -1.23. The number of aldehydes is 1. The third-order valence-electron chi connectivity index (χ3n) is 7.42. The van der Waals surface area contributed by atoms with E-state index in [4.69, 9.17) is 5.73 Å². The number of carbonyl (C=O) groups excluding carboxylic acids is 4. The molecule has 0 spiro atoms. The van der Waals surface area contributed by atoms with Crippen LogP contribution >= 0.6 is 0 Å². The van der Waals surface area contributed by atoms with E-state index in [1.54, 1.807) is 0 Å². The number of benzene rings is 1. The molecule has 1 saturated heterocycles. The molecule has 0 radical (unpaired) electrons. The normalized spacial score (nSPS) is 27.0. The molecule has 3 aliphatic rings.